The molecular weight excluding hydrogens is 314 g/mol. The van der Waals surface area contributed by atoms with Crippen molar-refractivity contribution >= 4 is 21.6 Å². The Kier molecular flexibility index (Phi) is 4.14. The van der Waals surface area contributed by atoms with Crippen LogP contribution in [0.15, 0.2) is 36.4 Å². The fraction of sp³-hybridized carbons (Fsp3) is 0.0714. The van der Waals surface area contributed by atoms with E-state index >= 15 is 0 Å². The van der Waals surface area contributed by atoms with Crippen molar-refractivity contribution in [1.82, 2.24) is 0 Å². The van der Waals surface area contributed by atoms with Crippen LogP contribution in [-0.2, 0) is 10.0 Å². The summed E-state index contributed by atoms with van der Waals surface area (Å²) in [6.45, 7) is 0. The number of hydrogen-bond acceptors (Lipinski definition) is 3. The van der Waals surface area contributed by atoms with Crippen LogP contribution in [0.5, 0.6) is 0 Å². The zero-order valence-electron chi connectivity index (χ0n) is 11.4. The van der Waals surface area contributed by atoms with E-state index in [1.807, 2.05) is 0 Å². The predicted molar refractivity (Wildman–Crippen MR) is 78.8 cm³/mol. The first kappa shape index (κ1) is 15.9. The van der Waals surface area contributed by atoms with Crippen LogP contribution in [0.25, 0.3) is 11.1 Å². The fourth-order valence-corrected chi connectivity index (χ4v) is 2.49. The van der Waals surface area contributed by atoms with Crippen molar-refractivity contribution in [1.29, 1.82) is 0 Å². The van der Waals surface area contributed by atoms with E-state index in [1.165, 1.54) is 18.2 Å². The van der Waals surface area contributed by atoms with Gasteiger partial charge in [-0.1, -0.05) is 0 Å². The second-order valence-corrected chi connectivity index (χ2v) is 6.37. The minimum atomic E-state index is -3.62. The fourth-order valence-electron chi connectivity index (χ4n) is 1.92. The average molecular weight is 326 g/mol. The molecule has 8 heteroatoms. The van der Waals surface area contributed by atoms with Crippen LogP contribution in [0.4, 0.5) is 14.5 Å². The van der Waals surface area contributed by atoms with Crippen molar-refractivity contribution in [2.24, 2.45) is 5.73 Å². The average Bonchev–Trinajstić information content (AvgIpc) is 2.37. The lowest BCUT2D eigenvalue weighted by Crippen LogP contribution is -2.13. The minimum absolute atomic E-state index is 0.0537. The van der Waals surface area contributed by atoms with Gasteiger partial charge in [0.2, 0.25) is 15.9 Å². The van der Waals surface area contributed by atoms with Crippen molar-refractivity contribution in [3.8, 4) is 11.1 Å². The third-order valence-electron chi connectivity index (χ3n) is 2.82. The number of primary amides is 1. The monoisotopic (exact) mass is 326 g/mol. The summed E-state index contributed by atoms with van der Waals surface area (Å²) >= 11 is 0. The number of nitrogens with one attached hydrogen (secondary N) is 1. The molecule has 2 aromatic rings. The van der Waals surface area contributed by atoms with E-state index in [4.69, 9.17) is 5.73 Å². The Balaban J connectivity index is 2.68. The number of amides is 1. The van der Waals surface area contributed by atoms with Gasteiger partial charge in [0, 0.05) is 22.8 Å². The third kappa shape index (κ3) is 3.59. The van der Waals surface area contributed by atoms with Gasteiger partial charge >= 0.3 is 0 Å². The molecule has 0 fully saturated rings. The van der Waals surface area contributed by atoms with Crippen LogP contribution in [0.3, 0.4) is 0 Å². The highest BCUT2D eigenvalue weighted by molar-refractivity contribution is 7.92. The molecule has 0 atom stereocenters. The van der Waals surface area contributed by atoms with Gasteiger partial charge < -0.3 is 5.73 Å². The lowest BCUT2D eigenvalue weighted by atomic mass is 10.0. The Morgan fingerprint density at radius 1 is 1.09 bits per heavy atom. The molecule has 0 aliphatic heterocycles. The Morgan fingerprint density at radius 3 is 2.32 bits per heavy atom. The number of sulfonamides is 1. The van der Waals surface area contributed by atoms with Crippen LogP contribution >= 0.6 is 0 Å². The molecule has 2 rings (SSSR count). The van der Waals surface area contributed by atoms with Gasteiger partial charge in [0.15, 0.2) is 0 Å². The molecule has 0 aromatic heterocycles. The van der Waals surface area contributed by atoms with Crippen molar-refractivity contribution in [3.63, 3.8) is 0 Å². The van der Waals surface area contributed by atoms with E-state index in [2.05, 4.69) is 4.72 Å². The number of hydrogen-bond donors (Lipinski definition) is 2. The highest BCUT2D eigenvalue weighted by Gasteiger charge is 2.15. The van der Waals surface area contributed by atoms with Crippen molar-refractivity contribution in [2.45, 2.75) is 0 Å². The van der Waals surface area contributed by atoms with E-state index < -0.39 is 27.6 Å². The second-order valence-electron chi connectivity index (χ2n) is 4.62. The van der Waals surface area contributed by atoms with Gasteiger partial charge in [-0.2, -0.15) is 0 Å². The highest BCUT2D eigenvalue weighted by atomic mass is 32.2. The van der Waals surface area contributed by atoms with Gasteiger partial charge in [0.25, 0.3) is 0 Å². The summed E-state index contributed by atoms with van der Waals surface area (Å²) in [6, 6.07) is 6.68. The first-order valence-corrected chi connectivity index (χ1v) is 7.93. The summed E-state index contributed by atoms with van der Waals surface area (Å²) in [5, 5.41) is 0. The van der Waals surface area contributed by atoms with Crippen LogP contribution in [0.2, 0.25) is 0 Å². The number of anilines is 1. The van der Waals surface area contributed by atoms with E-state index in [1.54, 1.807) is 0 Å². The predicted octanol–water partition coefficient (Wildman–Crippen LogP) is 2.10. The first-order valence-electron chi connectivity index (χ1n) is 6.04. The van der Waals surface area contributed by atoms with E-state index in [0.717, 1.165) is 18.4 Å². The zero-order chi connectivity index (χ0) is 16.5. The van der Waals surface area contributed by atoms with Crippen molar-refractivity contribution in [3.05, 3.63) is 53.6 Å². The number of carbonyl (C=O) groups excluding carboxylic acids is 1. The summed E-state index contributed by atoms with van der Waals surface area (Å²) in [6.07, 6.45) is 0.930. The molecule has 3 N–H and O–H groups in total. The van der Waals surface area contributed by atoms with Gasteiger partial charge in [-0.15, -0.1) is 0 Å². The summed E-state index contributed by atoms with van der Waals surface area (Å²) < 4.78 is 52.0. The molecule has 0 saturated heterocycles. The molecule has 0 radical (unpaired) electrons. The van der Waals surface area contributed by atoms with Gasteiger partial charge in [-0.05, 0) is 30.3 Å². The molecule has 22 heavy (non-hydrogen) atoms. The minimum Gasteiger partial charge on any atom is -0.366 e. The van der Waals surface area contributed by atoms with Gasteiger partial charge in [0.05, 0.1) is 11.9 Å². The maximum absolute atomic E-state index is 13.9. The molecule has 0 saturated carbocycles. The summed E-state index contributed by atoms with van der Waals surface area (Å²) in [5.41, 5.74) is 5.31. The molecule has 5 nitrogen and oxygen atoms in total. The number of carbonyl (C=O) groups is 1. The van der Waals surface area contributed by atoms with Crippen LogP contribution < -0.4 is 10.5 Å². The molecule has 1 amide bonds. The normalized spacial score (nSPS) is 11.2. The van der Waals surface area contributed by atoms with Gasteiger partial charge in [-0.25, -0.2) is 17.2 Å². The van der Waals surface area contributed by atoms with E-state index in [9.17, 15) is 22.0 Å². The number of nitrogens with two attached hydrogens (primary N) is 1. The number of halogens is 2. The molecule has 0 spiro atoms. The van der Waals surface area contributed by atoms with Crippen LogP contribution in [0.1, 0.15) is 10.4 Å². The largest absolute Gasteiger partial charge is 0.366 e. The molecule has 2 aromatic carbocycles. The maximum atomic E-state index is 13.9. The van der Waals surface area contributed by atoms with E-state index in [0.29, 0.717) is 6.07 Å². The maximum Gasteiger partial charge on any atom is 0.248 e. The molecule has 0 bridgehead atoms. The third-order valence-corrected chi connectivity index (χ3v) is 3.41. The Bertz CT molecular complexity index is 851. The molecule has 0 unspecified atom stereocenters. The van der Waals surface area contributed by atoms with Crippen LogP contribution in [-0.4, -0.2) is 20.6 Å². The zero-order valence-corrected chi connectivity index (χ0v) is 12.2. The van der Waals surface area contributed by atoms with Gasteiger partial charge in [-0.3, -0.25) is 9.52 Å². The second kappa shape index (κ2) is 5.72. The number of benzene rings is 2. The Morgan fingerprint density at radius 2 is 1.77 bits per heavy atom. The first-order chi connectivity index (χ1) is 10.2. The Hall–Kier alpha value is -2.48. The smallest absolute Gasteiger partial charge is 0.248 e. The lowest BCUT2D eigenvalue weighted by Gasteiger charge is -2.13. The van der Waals surface area contributed by atoms with Crippen LogP contribution in [0, 0.1) is 11.6 Å². The summed E-state index contributed by atoms with van der Waals surface area (Å²) in [4.78, 5) is 11.2. The van der Waals surface area contributed by atoms with Crippen molar-refractivity contribution < 1.29 is 22.0 Å². The molecule has 116 valence electrons. The summed E-state index contributed by atoms with van der Waals surface area (Å²) in [7, 11) is -3.62. The SMILES string of the molecule is CS(=O)(=O)Nc1ccc(C(N)=O)cc1-c1ccc(F)cc1F. The highest BCUT2D eigenvalue weighted by Crippen LogP contribution is 2.32. The Labute approximate surface area is 125 Å². The molecular formula is C14H12F2N2O3S. The molecule has 0 heterocycles. The van der Waals surface area contributed by atoms with E-state index in [-0.39, 0.29) is 22.4 Å². The standard InChI is InChI=1S/C14H12F2N2O3S/c1-22(20,21)18-13-5-2-8(14(17)19)6-11(13)10-4-3-9(15)7-12(10)16/h2-7,18H,1H3,(H2,17,19). The molecule has 0 aliphatic carbocycles. The van der Waals surface area contributed by atoms with Crippen molar-refractivity contribution in [2.75, 3.05) is 11.0 Å². The quantitative estimate of drug-likeness (QED) is 0.901. The number of rotatable bonds is 4. The summed E-state index contributed by atoms with van der Waals surface area (Å²) in [5.74, 6) is -2.42. The topological polar surface area (TPSA) is 89.3 Å². The lowest BCUT2D eigenvalue weighted by molar-refractivity contribution is 0.100. The molecule has 0 aliphatic rings. The van der Waals surface area contributed by atoms with Gasteiger partial charge in [0.1, 0.15) is 11.6 Å².